The minimum atomic E-state index is -1.19. The van der Waals surface area contributed by atoms with Crippen LogP contribution in [-0.4, -0.2) is 24.3 Å². The number of hydrogen-bond acceptors (Lipinski definition) is 7. The molecule has 1 N–H and O–H groups in total. The molecule has 6 nitrogen and oxygen atoms in total. The Labute approximate surface area is 393 Å². The Bertz CT molecular complexity index is 2120. The quantitative estimate of drug-likeness (QED) is 0.0271. The van der Waals surface area contributed by atoms with E-state index in [0.29, 0.717) is 0 Å². The summed E-state index contributed by atoms with van der Waals surface area (Å²) in [4.78, 5) is 18.7. The van der Waals surface area contributed by atoms with Gasteiger partial charge < -0.3 is 19.5 Å². The van der Waals surface area contributed by atoms with Crippen molar-refractivity contribution in [2.45, 2.75) is 156 Å². The van der Waals surface area contributed by atoms with Gasteiger partial charge in [0.05, 0.1) is 13.2 Å². The highest BCUT2D eigenvalue weighted by Crippen LogP contribution is 2.46. The molecule has 0 spiro atoms. The zero-order chi connectivity index (χ0) is 45.4. The number of nitriles is 1. The van der Waals surface area contributed by atoms with Gasteiger partial charge in [0.25, 0.3) is 0 Å². The summed E-state index contributed by atoms with van der Waals surface area (Å²) < 4.78 is 12.3. The van der Waals surface area contributed by atoms with E-state index in [2.05, 4.69) is 118 Å². The van der Waals surface area contributed by atoms with Crippen LogP contribution < -0.4 is 14.4 Å². The fraction of sp³-hybridized carbons (Fsp3) is 0.464. The molecule has 0 aliphatic carbocycles. The summed E-state index contributed by atoms with van der Waals surface area (Å²) in [6, 6.07) is 32.2. The summed E-state index contributed by atoms with van der Waals surface area (Å²) in [6.07, 6.45) is 24.8. The van der Waals surface area contributed by atoms with Crippen molar-refractivity contribution < 1.29 is 19.4 Å². The van der Waals surface area contributed by atoms with E-state index in [4.69, 9.17) is 9.47 Å². The highest BCUT2D eigenvalue weighted by molar-refractivity contribution is 7.24. The van der Waals surface area contributed by atoms with Crippen molar-refractivity contribution in [2.24, 2.45) is 0 Å². The van der Waals surface area contributed by atoms with Crippen LogP contribution in [0.2, 0.25) is 0 Å². The average molecular weight is 901 g/mol. The molecule has 0 aliphatic rings. The van der Waals surface area contributed by atoms with E-state index >= 15 is 0 Å². The maximum atomic E-state index is 11.9. The van der Waals surface area contributed by atoms with Gasteiger partial charge in [-0.3, -0.25) is 0 Å². The van der Waals surface area contributed by atoms with Gasteiger partial charge in [-0.2, -0.15) is 5.26 Å². The zero-order valence-electron chi connectivity index (χ0n) is 39.1. The van der Waals surface area contributed by atoms with E-state index in [1.165, 1.54) is 121 Å². The van der Waals surface area contributed by atoms with Crippen molar-refractivity contribution >= 4 is 51.8 Å². The molecule has 5 aromatic rings. The molecule has 0 saturated carbocycles. The molecule has 0 radical (unpaired) electrons. The summed E-state index contributed by atoms with van der Waals surface area (Å²) >= 11 is 3.46. The first-order chi connectivity index (χ1) is 31.4. The number of thiophene rings is 2. The molecule has 2 heterocycles. The summed E-state index contributed by atoms with van der Waals surface area (Å²) in [7, 11) is 0. The molecule has 3 aromatic carbocycles. The normalized spacial score (nSPS) is 11.5. The van der Waals surface area contributed by atoms with Crippen molar-refractivity contribution in [3.05, 3.63) is 107 Å². The Kier molecular flexibility index (Phi) is 22.1. The number of nitrogens with zero attached hydrogens (tertiary/aromatic N) is 2. The Morgan fingerprint density at radius 3 is 1.45 bits per heavy atom. The van der Waals surface area contributed by atoms with Gasteiger partial charge in [0.1, 0.15) is 23.1 Å². The van der Waals surface area contributed by atoms with Gasteiger partial charge in [-0.25, -0.2) is 4.79 Å². The standard InChI is InChI=1S/C56H72N2O4S2/c1-5-9-13-17-19-23-44-39-52(40-46(42-57)56(59)60)63-54(44)55-45(24-20-18-14-10-6-2)41-53(64-55)43-25-27-47(28-26-43)58(48-29-33-50(34-30-48)61-37-21-15-11-7-3)49-31-35-51(36-32-49)62-38-22-16-12-8-4/h25-36,39-41H,5-24,37-38H2,1-4H3,(H,59,60). The molecule has 64 heavy (non-hydrogen) atoms. The van der Waals surface area contributed by atoms with Crippen molar-refractivity contribution in [1.29, 1.82) is 5.26 Å². The van der Waals surface area contributed by atoms with Crippen LogP contribution in [0.25, 0.3) is 26.3 Å². The third-order valence-corrected chi connectivity index (χ3v) is 14.2. The first-order valence-electron chi connectivity index (χ1n) is 24.4. The van der Waals surface area contributed by atoms with Crippen LogP contribution in [-0.2, 0) is 17.6 Å². The summed E-state index contributed by atoms with van der Waals surface area (Å²) in [5.74, 6) is 0.584. The van der Waals surface area contributed by atoms with Crippen molar-refractivity contribution in [2.75, 3.05) is 18.1 Å². The number of unbranched alkanes of at least 4 members (excludes halogenated alkanes) is 14. The van der Waals surface area contributed by atoms with Gasteiger partial charge >= 0.3 is 5.97 Å². The number of aryl methyl sites for hydroxylation is 2. The average Bonchev–Trinajstić information content (AvgIpc) is 3.92. The van der Waals surface area contributed by atoms with Gasteiger partial charge in [0.15, 0.2) is 0 Å². The molecule has 0 bridgehead atoms. The fourth-order valence-corrected chi connectivity index (χ4v) is 10.6. The SMILES string of the molecule is CCCCCCCc1cc(C=C(C#N)C(=O)O)sc1-c1sc(-c2ccc(N(c3ccc(OCCCCCC)cc3)c3ccc(OCCCCCC)cc3)cc2)cc1CCCCCCC. The predicted molar refractivity (Wildman–Crippen MR) is 273 cm³/mol. The Morgan fingerprint density at radius 2 is 1.00 bits per heavy atom. The van der Waals surface area contributed by atoms with Crippen LogP contribution in [0.1, 0.15) is 159 Å². The fourth-order valence-electron chi connectivity index (χ4n) is 8.01. The molecule has 8 heteroatoms. The molecule has 0 fully saturated rings. The number of rotatable bonds is 31. The number of aliphatic carboxylic acids is 1. The second-order valence-corrected chi connectivity index (χ2v) is 19.1. The maximum absolute atomic E-state index is 11.9. The van der Waals surface area contributed by atoms with Gasteiger partial charge in [-0.05, 0) is 134 Å². The van der Waals surface area contributed by atoms with E-state index in [0.717, 1.165) is 85.2 Å². The lowest BCUT2D eigenvalue weighted by Crippen LogP contribution is -2.10. The molecule has 0 amide bonds. The van der Waals surface area contributed by atoms with E-state index in [-0.39, 0.29) is 5.57 Å². The zero-order valence-corrected chi connectivity index (χ0v) is 40.7. The third-order valence-electron chi connectivity index (χ3n) is 11.7. The first kappa shape index (κ1) is 50.2. The summed E-state index contributed by atoms with van der Waals surface area (Å²) in [5, 5.41) is 19.3. The van der Waals surface area contributed by atoms with Crippen molar-refractivity contribution in [1.82, 2.24) is 0 Å². The number of ether oxygens (including phenoxy) is 2. The molecule has 0 atom stereocenters. The second kappa shape index (κ2) is 28.2. The van der Waals surface area contributed by atoms with Gasteiger partial charge in [-0.15, -0.1) is 22.7 Å². The van der Waals surface area contributed by atoms with Crippen LogP contribution in [0.15, 0.2) is 90.5 Å². The molecule has 0 saturated heterocycles. The molecule has 2 aromatic heterocycles. The lowest BCUT2D eigenvalue weighted by atomic mass is 10.0. The molecule has 0 aliphatic heterocycles. The monoisotopic (exact) mass is 900 g/mol. The Hall–Kier alpha value is -4.84. The van der Waals surface area contributed by atoms with Gasteiger partial charge in [-0.1, -0.05) is 130 Å². The van der Waals surface area contributed by atoms with E-state index in [1.54, 1.807) is 17.4 Å². The van der Waals surface area contributed by atoms with Crippen LogP contribution in [0.3, 0.4) is 0 Å². The molecule has 5 rings (SSSR count). The van der Waals surface area contributed by atoms with Crippen molar-refractivity contribution in [3.8, 4) is 37.8 Å². The third kappa shape index (κ3) is 15.7. The lowest BCUT2D eigenvalue weighted by Gasteiger charge is -2.26. The number of carbonyl (C=O) groups is 1. The number of anilines is 3. The Balaban J connectivity index is 1.48. The van der Waals surface area contributed by atoms with E-state index < -0.39 is 5.97 Å². The number of benzene rings is 3. The van der Waals surface area contributed by atoms with Crippen LogP contribution in [0.4, 0.5) is 17.1 Å². The smallest absolute Gasteiger partial charge is 0.346 e. The largest absolute Gasteiger partial charge is 0.494 e. The highest BCUT2D eigenvalue weighted by Gasteiger charge is 2.20. The first-order valence-corrected chi connectivity index (χ1v) is 26.0. The number of carboxylic acid groups (broad SMARTS) is 1. The van der Waals surface area contributed by atoms with Gasteiger partial charge in [0, 0.05) is 36.6 Å². The minimum absolute atomic E-state index is 0.233. The summed E-state index contributed by atoms with van der Waals surface area (Å²) in [5.41, 5.74) is 6.70. The lowest BCUT2D eigenvalue weighted by molar-refractivity contribution is -0.132. The molecule has 342 valence electrons. The highest BCUT2D eigenvalue weighted by atomic mass is 32.1. The molecular formula is C56H72N2O4S2. The second-order valence-electron chi connectivity index (χ2n) is 17.0. The summed E-state index contributed by atoms with van der Waals surface area (Å²) in [6.45, 7) is 10.4. The van der Waals surface area contributed by atoms with Crippen LogP contribution in [0.5, 0.6) is 11.5 Å². The van der Waals surface area contributed by atoms with E-state index in [9.17, 15) is 15.2 Å². The number of carboxylic acids is 1. The molecule has 0 unspecified atom stereocenters. The number of hydrogen-bond donors (Lipinski definition) is 1. The minimum Gasteiger partial charge on any atom is -0.494 e. The van der Waals surface area contributed by atoms with E-state index in [1.807, 2.05) is 17.4 Å². The van der Waals surface area contributed by atoms with Crippen LogP contribution >= 0.6 is 22.7 Å². The van der Waals surface area contributed by atoms with Crippen LogP contribution in [0, 0.1) is 11.3 Å². The van der Waals surface area contributed by atoms with Gasteiger partial charge in [0.2, 0.25) is 0 Å². The maximum Gasteiger partial charge on any atom is 0.346 e. The topological polar surface area (TPSA) is 82.8 Å². The molecular weight excluding hydrogens is 829 g/mol. The predicted octanol–water partition coefficient (Wildman–Crippen LogP) is 17.5. The Morgan fingerprint density at radius 1 is 0.578 bits per heavy atom. The van der Waals surface area contributed by atoms with Crippen molar-refractivity contribution in [3.63, 3.8) is 0 Å².